The number of piperidine rings is 1. The maximum atomic E-state index is 11.4. The summed E-state index contributed by atoms with van der Waals surface area (Å²) in [5, 5.41) is 3.04. The van der Waals surface area contributed by atoms with Crippen LogP contribution in [0.1, 0.15) is 32.6 Å². The summed E-state index contributed by atoms with van der Waals surface area (Å²) in [6.07, 6.45) is 7.55. The van der Waals surface area contributed by atoms with Crippen LogP contribution in [0, 0.1) is 5.92 Å². The van der Waals surface area contributed by atoms with Gasteiger partial charge in [0.1, 0.15) is 0 Å². The van der Waals surface area contributed by atoms with Crippen LogP contribution in [-0.4, -0.2) is 30.5 Å². The summed E-state index contributed by atoms with van der Waals surface area (Å²) in [4.78, 5) is 17.9. The van der Waals surface area contributed by atoms with Crippen molar-refractivity contribution in [2.45, 2.75) is 32.6 Å². The van der Waals surface area contributed by atoms with E-state index in [2.05, 4.69) is 27.3 Å². The van der Waals surface area contributed by atoms with Crippen molar-refractivity contribution < 1.29 is 4.79 Å². The predicted octanol–water partition coefficient (Wildman–Crippen LogP) is 2.21. The Morgan fingerprint density at radius 1 is 1.37 bits per heavy atom. The lowest BCUT2D eigenvalue weighted by Crippen LogP contribution is -2.38. The van der Waals surface area contributed by atoms with Crippen molar-refractivity contribution in [3.8, 4) is 0 Å². The minimum atomic E-state index is 0.194. The monoisotopic (exact) mass is 261 g/mol. The van der Waals surface area contributed by atoms with Crippen LogP contribution in [0.2, 0.25) is 0 Å². The molecule has 0 spiro atoms. The Morgan fingerprint density at radius 3 is 2.68 bits per heavy atom. The Labute approximate surface area is 115 Å². The number of rotatable bonds is 5. The molecule has 1 aliphatic heterocycles. The van der Waals surface area contributed by atoms with E-state index in [1.54, 1.807) is 0 Å². The standard InChI is InChI=1S/C15H23N3O/c1-2-3-15(19)17-12-13-6-10-18(11-7-13)14-4-8-16-9-5-14/h4-5,8-9,13H,2-3,6-7,10-12H2,1H3,(H,17,19). The van der Waals surface area contributed by atoms with Crippen LogP contribution in [0.15, 0.2) is 24.5 Å². The highest BCUT2D eigenvalue weighted by molar-refractivity contribution is 5.75. The van der Waals surface area contributed by atoms with E-state index in [9.17, 15) is 4.79 Å². The van der Waals surface area contributed by atoms with E-state index < -0.39 is 0 Å². The van der Waals surface area contributed by atoms with Crippen LogP contribution in [0.5, 0.6) is 0 Å². The number of hydrogen-bond donors (Lipinski definition) is 1. The molecule has 0 bridgehead atoms. The van der Waals surface area contributed by atoms with Gasteiger partial charge in [0.25, 0.3) is 0 Å². The van der Waals surface area contributed by atoms with Crippen LogP contribution in [0.25, 0.3) is 0 Å². The summed E-state index contributed by atoms with van der Waals surface area (Å²) < 4.78 is 0. The first kappa shape index (κ1) is 13.8. The molecule has 0 atom stereocenters. The number of aromatic nitrogens is 1. The average molecular weight is 261 g/mol. The molecule has 1 saturated heterocycles. The number of nitrogens with zero attached hydrogens (tertiary/aromatic N) is 2. The molecular formula is C15H23N3O. The molecule has 1 N–H and O–H groups in total. The highest BCUT2D eigenvalue weighted by atomic mass is 16.1. The third-order valence-corrected chi connectivity index (χ3v) is 3.71. The minimum Gasteiger partial charge on any atom is -0.371 e. The summed E-state index contributed by atoms with van der Waals surface area (Å²) in [5.74, 6) is 0.818. The fourth-order valence-electron chi connectivity index (χ4n) is 2.52. The molecule has 1 amide bonds. The Morgan fingerprint density at radius 2 is 2.05 bits per heavy atom. The van der Waals surface area contributed by atoms with E-state index in [4.69, 9.17) is 0 Å². The lowest BCUT2D eigenvalue weighted by Gasteiger charge is -2.33. The first-order valence-electron chi connectivity index (χ1n) is 7.21. The first-order valence-corrected chi connectivity index (χ1v) is 7.21. The highest BCUT2D eigenvalue weighted by Crippen LogP contribution is 2.22. The molecular weight excluding hydrogens is 238 g/mol. The second-order valence-electron chi connectivity index (χ2n) is 5.19. The van der Waals surface area contributed by atoms with Gasteiger partial charge in [-0.05, 0) is 37.3 Å². The van der Waals surface area contributed by atoms with Crippen LogP contribution in [0.4, 0.5) is 5.69 Å². The van der Waals surface area contributed by atoms with Crippen LogP contribution >= 0.6 is 0 Å². The quantitative estimate of drug-likeness (QED) is 0.884. The molecule has 0 unspecified atom stereocenters. The molecule has 0 aliphatic carbocycles. The van der Waals surface area contributed by atoms with Gasteiger partial charge in [0, 0.05) is 44.1 Å². The van der Waals surface area contributed by atoms with Gasteiger partial charge in [0.15, 0.2) is 0 Å². The number of nitrogens with one attached hydrogen (secondary N) is 1. The predicted molar refractivity (Wildman–Crippen MR) is 77.1 cm³/mol. The van der Waals surface area contributed by atoms with Gasteiger partial charge in [0.05, 0.1) is 0 Å². The van der Waals surface area contributed by atoms with Gasteiger partial charge in [-0.1, -0.05) is 6.92 Å². The Hall–Kier alpha value is -1.58. The van der Waals surface area contributed by atoms with E-state index in [0.29, 0.717) is 12.3 Å². The van der Waals surface area contributed by atoms with Crippen LogP contribution in [-0.2, 0) is 4.79 Å². The van der Waals surface area contributed by atoms with Crippen molar-refractivity contribution in [2.75, 3.05) is 24.5 Å². The third-order valence-electron chi connectivity index (χ3n) is 3.71. The molecule has 0 radical (unpaired) electrons. The molecule has 1 aromatic rings. The van der Waals surface area contributed by atoms with Gasteiger partial charge in [-0.3, -0.25) is 9.78 Å². The number of carbonyl (C=O) groups excluding carboxylic acids is 1. The largest absolute Gasteiger partial charge is 0.371 e. The molecule has 104 valence electrons. The van der Waals surface area contributed by atoms with Gasteiger partial charge in [-0.25, -0.2) is 0 Å². The van der Waals surface area contributed by atoms with Crippen molar-refractivity contribution in [3.05, 3.63) is 24.5 Å². The summed E-state index contributed by atoms with van der Waals surface area (Å²) in [5.41, 5.74) is 1.25. The number of anilines is 1. The van der Waals surface area contributed by atoms with Crippen molar-refractivity contribution in [2.24, 2.45) is 5.92 Å². The zero-order chi connectivity index (χ0) is 13.5. The van der Waals surface area contributed by atoms with Crippen molar-refractivity contribution in [3.63, 3.8) is 0 Å². The second kappa shape index (κ2) is 7.12. The van der Waals surface area contributed by atoms with E-state index >= 15 is 0 Å². The molecule has 1 aromatic heterocycles. The molecule has 0 aromatic carbocycles. The van der Waals surface area contributed by atoms with Crippen LogP contribution < -0.4 is 10.2 Å². The summed E-state index contributed by atoms with van der Waals surface area (Å²) in [6, 6.07) is 4.12. The second-order valence-corrected chi connectivity index (χ2v) is 5.19. The van der Waals surface area contributed by atoms with Gasteiger partial charge in [-0.15, -0.1) is 0 Å². The number of carbonyl (C=O) groups is 1. The molecule has 0 saturated carbocycles. The molecule has 1 fully saturated rings. The number of pyridine rings is 1. The lowest BCUT2D eigenvalue weighted by molar-refractivity contribution is -0.121. The SMILES string of the molecule is CCCC(=O)NCC1CCN(c2ccncc2)CC1. The molecule has 4 heteroatoms. The maximum Gasteiger partial charge on any atom is 0.219 e. The van der Waals surface area contributed by atoms with Crippen molar-refractivity contribution in [1.82, 2.24) is 10.3 Å². The van der Waals surface area contributed by atoms with Crippen LogP contribution in [0.3, 0.4) is 0 Å². The Bertz CT molecular complexity index is 386. The first-order chi connectivity index (χ1) is 9.29. The maximum absolute atomic E-state index is 11.4. The highest BCUT2D eigenvalue weighted by Gasteiger charge is 2.19. The smallest absolute Gasteiger partial charge is 0.219 e. The van der Waals surface area contributed by atoms with Gasteiger partial charge >= 0.3 is 0 Å². The summed E-state index contributed by atoms with van der Waals surface area (Å²) in [7, 11) is 0. The van der Waals surface area contributed by atoms with Gasteiger partial charge in [0.2, 0.25) is 5.91 Å². The third kappa shape index (κ3) is 4.23. The molecule has 4 nitrogen and oxygen atoms in total. The number of hydrogen-bond acceptors (Lipinski definition) is 3. The summed E-state index contributed by atoms with van der Waals surface area (Å²) in [6.45, 7) is 5.01. The Kier molecular flexibility index (Phi) is 5.19. The fourth-order valence-corrected chi connectivity index (χ4v) is 2.52. The summed E-state index contributed by atoms with van der Waals surface area (Å²) >= 11 is 0. The van der Waals surface area contributed by atoms with E-state index in [1.165, 1.54) is 5.69 Å². The van der Waals surface area contributed by atoms with Gasteiger partial charge in [-0.2, -0.15) is 0 Å². The Balaban J connectivity index is 1.72. The van der Waals surface area contributed by atoms with Crippen molar-refractivity contribution in [1.29, 1.82) is 0 Å². The van der Waals surface area contributed by atoms with Gasteiger partial charge < -0.3 is 10.2 Å². The topological polar surface area (TPSA) is 45.2 Å². The number of amides is 1. The van der Waals surface area contributed by atoms with E-state index in [1.807, 2.05) is 19.3 Å². The molecule has 2 rings (SSSR count). The molecule has 2 heterocycles. The van der Waals surface area contributed by atoms with E-state index in [0.717, 1.165) is 38.9 Å². The zero-order valence-corrected chi connectivity index (χ0v) is 11.6. The minimum absolute atomic E-state index is 0.194. The average Bonchev–Trinajstić information content (AvgIpc) is 2.47. The zero-order valence-electron chi connectivity index (χ0n) is 11.6. The van der Waals surface area contributed by atoms with E-state index in [-0.39, 0.29) is 5.91 Å². The molecule has 19 heavy (non-hydrogen) atoms. The normalized spacial score (nSPS) is 16.4. The lowest BCUT2D eigenvalue weighted by atomic mass is 9.96. The molecule has 1 aliphatic rings. The van der Waals surface area contributed by atoms with Crippen molar-refractivity contribution >= 4 is 11.6 Å². The fraction of sp³-hybridized carbons (Fsp3) is 0.600.